The van der Waals surface area contributed by atoms with Gasteiger partial charge in [0.05, 0.1) is 17.5 Å². The molecule has 3 aromatic rings. The topological polar surface area (TPSA) is 73.2 Å². The minimum absolute atomic E-state index is 0.0351. The van der Waals surface area contributed by atoms with Gasteiger partial charge in [-0.1, -0.05) is 26.0 Å². The molecule has 1 amide bonds. The number of anilines is 1. The molecular weight excluding hydrogens is 402 g/mol. The van der Waals surface area contributed by atoms with E-state index in [1.807, 2.05) is 24.3 Å². The summed E-state index contributed by atoms with van der Waals surface area (Å²) in [5.41, 5.74) is 2.12. The van der Waals surface area contributed by atoms with E-state index >= 15 is 0 Å². The molecule has 1 aliphatic rings. The van der Waals surface area contributed by atoms with Crippen LogP contribution in [0.3, 0.4) is 0 Å². The van der Waals surface area contributed by atoms with Crippen LogP contribution < -0.4 is 15.6 Å². The largest absolute Gasteiger partial charge is 0.494 e. The fourth-order valence-electron chi connectivity index (χ4n) is 3.76. The first-order chi connectivity index (χ1) is 15.5. The minimum Gasteiger partial charge on any atom is -0.494 e. The van der Waals surface area contributed by atoms with Gasteiger partial charge < -0.3 is 10.1 Å². The third-order valence-corrected chi connectivity index (χ3v) is 5.60. The van der Waals surface area contributed by atoms with Gasteiger partial charge in [-0.25, -0.2) is 4.98 Å². The molecule has 1 N–H and O–H groups in total. The summed E-state index contributed by atoms with van der Waals surface area (Å²) in [6.45, 7) is 5.74. The smallest absolute Gasteiger partial charge is 0.261 e. The Morgan fingerprint density at radius 3 is 2.78 bits per heavy atom. The van der Waals surface area contributed by atoms with E-state index < -0.39 is 0 Å². The van der Waals surface area contributed by atoms with Gasteiger partial charge in [0.2, 0.25) is 5.91 Å². The minimum atomic E-state index is -0.257. The average Bonchev–Trinajstić information content (AvgIpc) is 2.79. The zero-order chi connectivity index (χ0) is 22.5. The Labute approximate surface area is 187 Å². The summed E-state index contributed by atoms with van der Waals surface area (Å²) < 4.78 is 7.48. The second kappa shape index (κ2) is 9.81. The first kappa shape index (κ1) is 21.8. The van der Waals surface area contributed by atoms with Gasteiger partial charge in [-0.05, 0) is 67.2 Å². The lowest BCUT2D eigenvalue weighted by molar-refractivity contribution is -0.111. The van der Waals surface area contributed by atoms with Crippen LogP contribution in [0, 0.1) is 5.92 Å². The van der Waals surface area contributed by atoms with Crippen LogP contribution in [0.5, 0.6) is 5.75 Å². The Hall–Kier alpha value is -3.41. The molecular formula is C26H29N3O3. The van der Waals surface area contributed by atoms with Crippen LogP contribution in [-0.4, -0.2) is 22.1 Å². The average molecular weight is 432 g/mol. The molecule has 0 bridgehead atoms. The summed E-state index contributed by atoms with van der Waals surface area (Å²) >= 11 is 0. The molecule has 6 heteroatoms. The van der Waals surface area contributed by atoms with E-state index in [0.29, 0.717) is 35.7 Å². The van der Waals surface area contributed by atoms with E-state index in [1.165, 1.54) is 6.08 Å². The summed E-state index contributed by atoms with van der Waals surface area (Å²) in [5.74, 6) is 2.03. The second-order valence-corrected chi connectivity index (χ2v) is 8.60. The van der Waals surface area contributed by atoms with E-state index in [-0.39, 0.29) is 11.5 Å². The molecule has 0 aliphatic carbocycles. The molecule has 2 aromatic carbocycles. The number of hydrogen-bond acceptors (Lipinski definition) is 4. The lowest BCUT2D eigenvalue weighted by atomic mass is 10.1. The number of aromatic nitrogens is 2. The molecule has 0 saturated carbocycles. The molecule has 166 valence electrons. The van der Waals surface area contributed by atoms with Crippen LogP contribution in [0.15, 0.2) is 53.3 Å². The quantitative estimate of drug-likeness (QED) is 0.545. The molecule has 1 aliphatic heterocycles. The molecule has 32 heavy (non-hydrogen) atoms. The highest BCUT2D eigenvalue weighted by Crippen LogP contribution is 2.19. The van der Waals surface area contributed by atoms with Crippen LogP contribution in [-0.2, 0) is 17.8 Å². The van der Waals surface area contributed by atoms with Crippen molar-refractivity contribution < 1.29 is 9.53 Å². The van der Waals surface area contributed by atoms with Crippen molar-refractivity contribution in [2.75, 3.05) is 11.9 Å². The maximum absolute atomic E-state index is 12.8. The number of nitrogens with zero attached hydrogens (tertiary/aromatic N) is 2. The molecule has 0 atom stereocenters. The van der Waals surface area contributed by atoms with Gasteiger partial charge in [0, 0.05) is 24.7 Å². The van der Waals surface area contributed by atoms with Crippen molar-refractivity contribution in [3.8, 4) is 5.75 Å². The first-order valence-electron chi connectivity index (χ1n) is 11.2. The SMILES string of the molecule is CC(C)CCOc1ccc(/C=C/C(=O)Nc2ccc3nc4n(c(=O)c3c2)CCCC4)cc1. The van der Waals surface area contributed by atoms with E-state index in [4.69, 9.17) is 4.74 Å². The van der Waals surface area contributed by atoms with Crippen LogP contribution in [0.2, 0.25) is 0 Å². The van der Waals surface area contributed by atoms with Crippen molar-refractivity contribution in [3.63, 3.8) is 0 Å². The Bertz CT molecular complexity index is 1190. The Kier molecular flexibility index (Phi) is 6.69. The standard InChI is InChI=1S/C26H29N3O3/c1-18(2)14-16-32-21-10-6-19(7-11-21)8-13-25(30)27-20-9-12-23-22(17-20)26(31)29-15-4-3-5-24(29)28-23/h6-13,17-18H,3-5,14-16H2,1-2H3,(H,27,30)/b13-8+. The van der Waals surface area contributed by atoms with Crippen LogP contribution in [0.25, 0.3) is 17.0 Å². The lowest BCUT2D eigenvalue weighted by Crippen LogP contribution is -2.28. The Morgan fingerprint density at radius 2 is 2.00 bits per heavy atom. The fraction of sp³-hybridized carbons (Fsp3) is 0.346. The molecule has 0 radical (unpaired) electrons. The normalized spacial score (nSPS) is 13.5. The van der Waals surface area contributed by atoms with Gasteiger partial charge in [-0.3, -0.25) is 14.2 Å². The molecule has 1 aromatic heterocycles. The van der Waals surface area contributed by atoms with E-state index in [2.05, 4.69) is 24.1 Å². The van der Waals surface area contributed by atoms with Crippen molar-refractivity contribution in [2.24, 2.45) is 5.92 Å². The highest BCUT2D eigenvalue weighted by molar-refractivity contribution is 6.02. The van der Waals surface area contributed by atoms with Crippen LogP contribution >= 0.6 is 0 Å². The van der Waals surface area contributed by atoms with Crippen LogP contribution in [0.4, 0.5) is 5.69 Å². The summed E-state index contributed by atoms with van der Waals surface area (Å²) in [4.78, 5) is 29.9. The number of carbonyl (C=O) groups is 1. The summed E-state index contributed by atoms with van der Waals surface area (Å²) in [6.07, 6.45) is 7.14. The molecule has 4 rings (SSSR count). The second-order valence-electron chi connectivity index (χ2n) is 8.60. The molecule has 0 saturated heterocycles. The van der Waals surface area contributed by atoms with E-state index in [1.54, 1.807) is 28.8 Å². The van der Waals surface area contributed by atoms with Crippen molar-refractivity contribution in [3.05, 3.63) is 70.3 Å². The van der Waals surface area contributed by atoms with Gasteiger partial charge in [0.1, 0.15) is 11.6 Å². The third-order valence-electron chi connectivity index (χ3n) is 5.60. The number of carbonyl (C=O) groups excluding carboxylic acids is 1. The summed E-state index contributed by atoms with van der Waals surface area (Å²) in [6, 6.07) is 12.9. The van der Waals surface area contributed by atoms with Crippen molar-refractivity contribution in [1.82, 2.24) is 9.55 Å². The maximum atomic E-state index is 12.8. The Morgan fingerprint density at radius 1 is 1.19 bits per heavy atom. The van der Waals surface area contributed by atoms with Crippen LogP contribution in [0.1, 0.15) is 44.5 Å². The number of hydrogen-bond donors (Lipinski definition) is 1. The number of aryl methyl sites for hydroxylation is 1. The zero-order valence-corrected chi connectivity index (χ0v) is 18.6. The van der Waals surface area contributed by atoms with Gasteiger partial charge in [0.15, 0.2) is 0 Å². The summed E-state index contributed by atoms with van der Waals surface area (Å²) in [5, 5.41) is 3.37. The number of fused-ring (bicyclic) bond motifs is 2. The van der Waals surface area contributed by atoms with Gasteiger partial charge >= 0.3 is 0 Å². The van der Waals surface area contributed by atoms with Crippen molar-refractivity contribution in [2.45, 2.75) is 46.1 Å². The first-order valence-corrected chi connectivity index (χ1v) is 11.2. The number of benzene rings is 2. The van der Waals surface area contributed by atoms with Crippen molar-refractivity contribution >= 4 is 28.6 Å². The Balaban J connectivity index is 1.41. The number of amides is 1. The van der Waals surface area contributed by atoms with Gasteiger partial charge in [-0.15, -0.1) is 0 Å². The zero-order valence-electron chi connectivity index (χ0n) is 18.6. The molecule has 0 unspecified atom stereocenters. The number of ether oxygens (including phenoxy) is 1. The molecule has 2 heterocycles. The van der Waals surface area contributed by atoms with Crippen molar-refractivity contribution in [1.29, 1.82) is 0 Å². The fourth-order valence-corrected chi connectivity index (χ4v) is 3.76. The summed E-state index contributed by atoms with van der Waals surface area (Å²) in [7, 11) is 0. The molecule has 0 spiro atoms. The van der Waals surface area contributed by atoms with E-state index in [9.17, 15) is 9.59 Å². The third kappa shape index (κ3) is 5.25. The molecule has 0 fully saturated rings. The predicted molar refractivity (Wildman–Crippen MR) is 128 cm³/mol. The predicted octanol–water partition coefficient (Wildman–Crippen LogP) is 4.81. The number of rotatable bonds is 7. The highest BCUT2D eigenvalue weighted by atomic mass is 16.5. The van der Waals surface area contributed by atoms with Gasteiger partial charge in [-0.2, -0.15) is 0 Å². The number of nitrogens with one attached hydrogen (secondary N) is 1. The monoisotopic (exact) mass is 431 g/mol. The molecule has 6 nitrogen and oxygen atoms in total. The lowest BCUT2D eigenvalue weighted by Gasteiger charge is -2.17. The maximum Gasteiger partial charge on any atom is 0.261 e. The highest BCUT2D eigenvalue weighted by Gasteiger charge is 2.15. The van der Waals surface area contributed by atoms with E-state index in [0.717, 1.165) is 42.8 Å². The van der Waals surface area contributed by atoms with Gasteiger partial charge in [0.25, 0.3) is 5.56 Å².